The first-order valence-corrected chi connectivity index (χ1v) is 10.6. The first-order chi connectivity index (χ1) is 15.5. The summed E-state index contributed by atoms with van der Waals surface area (Å²) in [7, 11) is 0. The van der Waals surface area contributed by atoms with Gasteiger partial charge in [0.25, 0.3) is 0 Å². The Morgan fingerprint density at radius 3 is 2.44 bits per heavy atom. The molecule has 0 aliphatic rings. The zero-order valence-corrected chi connectivity index (χ0v) is 18.4. The van der Waals surface area contributed by atoms with E-state index in [0.717, 1.165) is 28.1 Å². The Bertz CT molecular complexity index is 1480. The second-order valence-corrected chi connectivity index (χ2v) is 8.21. The highest BCUT2D eigenvalue weighted by Crippen LogP contribution is 2.31. The van der Waals surface area contributed by atoms with Crippen molar-refractivity contribution in [2.45, 2.75) is 20.4 Å². The van der Waals surface area contributed by atoms with E-state index in [0.29, 0.717) is 28.7 Å². The number of halogens is 1. The molecule has 0 spiro atoms. The van der Waals surface area contributed by atoms with E-state index in [1.54, 1.807) is 12.1 Å². The van der Waals surface area contributed by atoms with Crippen LogP contribution in [0.3, 0.4) is 0 Å². The van der Waals surface area contributed by atoms with Crippen molar-refractivity contribution in [1.29, 1.82) is 0 Å². The lowest BCUT2D eigenvalue weighted by atomic mass is 10.0. The van der Waals surface area contributed by atoms with Crippen LogP contribution in [-0.2, 0) is 6.54 Å². The number of nitrogens with zero attached hydrogens (tertiary/aromatic N) is 4. The van der Waals surface area contributed by atoms with Crippen LogP contribution in [0.2, 0.25) is 5.15 Å². The molecule has 0 bridgehead atoms. The zero-order chi connectivity index (χ0) is 22.2. The second kappa shape index (κ2) is 8.05. The summed E-state index contributed by atoms with van der Waals surface area (Å²) in [6.45, 7) is 4.45. The molecule has 5 aromatic rings. The Morgan fingerprint density at radius 1 is 0.938 bits per heavy atom. The standard InChI is InChI=1S/C25H20ClN5O/c1-15-8-9-31(13-15)14-19-12-20(32)24-25(28-19)30-22(17-6-4-3-5-7-17)23(29-24)18-10-16(2)27-21(26)11-18/h3-13H,14H2,1-2H3,(H,28,30,32). The lowest BCUT2D eigenvalue weighted by molar-refractivity contribution is 0.781. The predicted molar refractivity (Wildman–Crippen MR) is 127 cm³/mol. The van der Waals surface area contributed by atoms with Crippen molar-refractivity contribution in [2.24, 2.45) is 0 Å². The number of nitrogens with one attached hydrogen (secondary N) is 1. The number of hydrogen-bond acceptors (Lipinski definition) is 4. The van der Waals surface area contributed by atoms with Gasteiger partial charge in [0.1, 0.15) is 5.15 Å². The Morgan fingerprint density at radius 2 is 1.72 bits per heavy atom. The van der Waals surface area contributed by atoms with Crippen LogP contribution < -0.4 is 5.43 Å². The van der Waals surface area contributed by atoms with E-state index in [1.807, 2.05) is 73.3 Å². The third kappa shape index (κ3) is 3.92. The molecule has 158 valence electrons. The molecule has 32 heavy (non-hydrogen) atoms. The van der Waals surface area contributed by atoms with Crippen LogP contribution in [0.5, 0.6) is 0 Å². The molecular weight excluding hydrogens is 422 g/mol. The Labute approximate surface area is 189 Å². The molecule has 4 aromatic heterocycles. The van der Waals surface area contributed by atoms with Gasteiger partial charge in [-0.1, -0.05) is 41.9 Å². The van der Waals surface area contributed by atoms with E-state index in [4.69, 9.17) is 21.6 Å². The fourth-order valence-electron chi connectivity index (χ4n) is 3.81. The van der Waals surface area contributed by atoms with Gasteiger partial charge in [-0.2, -0.15) is 0 Å². The molecule has 0 saturated carbocycles. The highest BCUT2D eigenvalue weighted by molar-refractivity contribution is 6.29. The predicted octanol–water partition coefficient (Wildman–Crippen LogP) is 5.17. The SMILES string of the molecule is Cc1ccn(Cc2cc(=O)c3nc(-c4cc(C)nc(Cl)c4)c(-c4ccccc4)nc3[nH]2)c1. The van der Waals surface area contributed by atoms with Crippen LogP contribution in [0.1, 0.15) is 17.0 Å². The van der Waals surface area contributed by atoms with Crippen molar-refractivity contribution in [2.75, 3.05) is 0 Å². The van der Waals surface area contributed by atoms with E-state index in [1.165, 1.54) is 0 Å². The number of aryl methyl sites for hydroxylation is 2. The maximum absolute atomic E-state index is 13.0. The summed E-state index contributed by atoms with van der Waals surface area (Å²) in [5.41, 5.74) is 6.19. The first kappa shape index (κ1) is 20.2. The molecule has 0 aliphatic carbocycles. The molecule has 6 nitrogen and oxygen atoms in total. The van der Waals surface area contributed by atoms with E-state index < -0.39 is 0 Å². The quantitative estimate of drug-likeness (QED) is 0.390. The fourth-order valence-corrected chi connectivity index (χ4v) is 4.06. The average molecular weight is 442 g/mol. The van der Waals surface area contributed by atoms with E-state index in [9.17, 15) is 4.79 Å². The Hall–Kier alpha value is -3.77. The zero-order valence-electron chi connectivity index (χ0n) is 17.6. The molecule has 4 heterocycles. The number of rotatable bonds is 4. The number of aromatic nitrogens is 5. The minimum atomic E-state index is -0.178. The minimum absolute atomic E-state index is 0.178. The summed E-state index contributed by atoms with van der Waals surface area (Å²) in [6, 6.07) is 17.0. The number of H-pyrrole nitrogens is 1. The maximum atomic E-state index is 13.0. The van der Waals surface area contributed by atoms with E-state index in [-0.39, 0.29) is 10.9 Å². The van der Waals surface area contributed by atoms with Gasteiger partial charge in [-0.25, -0.2) is 15.0 Å². The van der Waals surface area contributed by atoms with Crippen LogP contribution in [0.15, 0.2) is 71.8 Å². The largest absolute Gasteiger partial charge is 0.348 e. The molecule has 0 radical (unpaired) electrons. The third-order valence-electron chi connectivity index (χ3n) is 5.21. The van der Waals surface area contributed by atoms with Crippen LogP contribution in [0, 0.1) is 13.8 Å². The normalized spacial score (nSPS) is 11.2. The Kier molecular flexibility index (Phi) is 5.07. The molecule has 1 N–H and O–H groups in total. The summed E-state index contributed by atoms with van der Waals surface area (Å²) in [4.78, 5) is 30.2. The monoisotopic (exact) mass is 441 g/mol. The lowest BCUT2D eigenvalue weighted by Crippen LogP contribution is -2.11. The number of hydrogen-bond donors (Lipinski definition) is 1. The topological polar surface area (TPSA) is 76.5 Å². The highest BCUT2D eigenvalue weighted by Gasteiger charge is 2.17. The molecule has 0 unspecified atom stereocenters. The number of aromatic amines is 1. The molecular formula is C25H20ClN5O. The minimum Gasteiger partial charge on any atom is -0.348 e. The van der Waals surface area contributed by atoms with Gasteiger partial charge in [-0.3, -0.25) is 4.79 Å². The summed E-state index contributed by atoms with van der Waals surface area (Å²) >= 11 is 6.22. The molecule has 0 saturated heterocycles. The summed E-state index contributed by atoms with van der Waals surface area (Å²) in [5.74, 6) is 0. The van der Waals surface area contributed by atoms with Crippen molar-refractivity contribution < 1.29 is 0 Å². The molecule has 0 atom stereocenters. The van der Waals surface area contributed by atoms with Crippen LogP contribution in [0.4, 0.5) is 0 Å². The van der Waals surface area contributed by atoms with E-state index in [2.05, 4.69) is 9.97 Å². The molecule has 1 aromatic carbocycles. The van der Waals surface area contributed by atoms with Crippen LogP contribution in [0.25, 0.3) is 33.7 Å². The number of fused-ring (bicyclic) bond motifs is 1. The first-order valence-electron chi connectivity index (χ1n) is 10.2. The van der Waals surface area contributed by atoms with Gasteiger partial charge in [0.15, 0.2) is 11.2 Å². The van der Waals surface area contributed by atoms with Crippen LogP contribution >= 0.6 is 11.6 Å². The van der Waals surface area contributed by atoms with E-state index >= 15 is 0 Å². The smallest absolute Gasteiger partial charge is 0.209 e. The molecule has 0 amide bonds. The maximum Gasteiger partial charge on any atom is 0.209 e. The van der Waals surface area contributed by atoms with Crippen molar-refractivity contribution in [3.63, 3.8) is 0 Å². The van der Waals surface area contributed by atoms with Gasteiger partial charge in [0.05, 0.1) is 17.9 Å². The molecule has 0 fully saturated rings. The average Bonchev–Trinajstić information content (AvgIpc) is 3.17. The van der Waals surface area contributed by atoms with Gasteiger partial charge in [-0.05, 0) is 37.6 Å². The molecule has 5 rings (SSSR count). The number of pyridine rings is 2. The van der Waals surface area contributed by atoms with Gasteiger partial charge in [0, 0.05) is 41.0 Å². The summed E-state index contributed by atoms with van der Waals surface area (Å²) in [6.07, 6.45) is 4.01. The number of benzene rings is 1. The lowest BCUT2D eigenvalue weighted by Gasteiger charge is -2.12. The van der Waals surface area contributed by atoms with Gasteiger partial charge in [-0.15, -0.1) is 0 Å². The molecule has 7 heteroatoms. The summed E-state index contributed by atoms with van der Waals surface area (Å²) < 4.78 is 2.02. The highest BCUT2D eigenvalue weighted by atomic mass is 35.5. The molecule has 0 aliphatic heterocycles. The van der Waals surface area contributed by atoms with Crippen molar-refractivity contribution >= 4 is 22.8 Å². The van der Waals surface area contributed by atoms with Gasteiger partial charge >= 0.3 is 0 Å². The van der Waals surface area contributed by atoms with Crippen molar-refractivity contribution in [1.82, 2.24) is 24.5 Å². The second-order valence-electron chi connectivity index (χ2n) is 7.82. The van der Waals surface area contributed by atoms with Crippen molar-refractivity contribution in [3.8, 4) is 22.5 Å². The van der Waals surface area contributed by atoms with Crippen LogP contribution in [-0.4, -0.2) is 24.5 Å². The van der Waals surface area contributed by atoms with Gasteiger partial charge in [0.2, 0.25) is 5.43 Å². The third-order valence-corrected chi connectivity index (χ3v) is 5.40. The van der Waals surface area contributed by atoms with Crippen molar-refractivity contribution in [3.05, 3.63) is 99.3 Å². The Balaban J connectivity index is 1.73. The summed E-state index contributed by atoms with van der Waals surface area (Å²) in [5, 5.41) is 0.368. The van der Waals surface area contributed by atoms with Gasteiger partial charge < -0.3 is 9.55 Å². The fraction of sp³-hybridized carbons (Fsp3) is 0.120.